The Morgan fingerprint density at radius 2 is 1.90 bits per heavy atom. The van der Waals surface area contributed by atoms with Gasteiger partial charge in [0.1, 0.15) is 16.4 Å². The number of fused-ring (bicyclic) bond motifs is 1. The Balaban J connectivity index is 1.46. The number of carbonyl (C=O) groups excluding carboxylic acids is 1. The van der Waals surface area contributed by atoms with E-state index in [1.54, 1.807) is 35.5 Å². The second kappa shape index (κ2) is 8.20. The van der Waals surface area contributed by atoms with Crippen LogP contribution in [0.5, 0.6) is 5.75 Å². The summed E-state index contributed by atoms with van der Waals surface area (Å²) in [5.41, 5.74) is 2.12. The molecule has 0 spiro atoms. The van der Waals surface area contributed by atoms with Crippen molar-refractivity contribution >= 4 is 44.9 Å². The van der Waals surface area contributed by atoms with E-state index in [4.69, 9.17) is 20.8 Å². The average Bonchev–Trinajstić information content (AvgIpc) is 3.49. The maximum Gasteiger partial charge on any atom is 0.289 e. The normalized spacial score (nSPS) is 14.3. The van der Waals surface area contributed by atoms with E-state index in [9.17, 15) is 4.79 Å². The van der Waals surface area contributed by atoms with Gasteiger partial charge in [-0.1, -0.05) is 12.1 Å². The fourth-order valence-electron chi connectivity index (χ4n) is 3.79. The van der Waals surface area contributed by atoms with Crippen molar-refractivity contribution in [3.05, 3.63) is 59.1 Å². The van der Waals surface area contributed by atoms with Gasteiger partial charge in [-0.25, -0.2) is 4.98 Å². The van der Waals surface area contributed by atoms with Gasteiger partial charge in [0, 0.05) is 37.1 Å². The van der Waals surface area contributed by atoms with Gasteiger partial charge in [-0.05, 0) is 41.4 Å². The second-order valence-electron chi connectivity index (χ2n) is 7.13. The van der Waals surface area contributed by atoms with Crippen LogP contribution in [0.4, 0.5) is 5.82 Å². The van der Waals surface area contributed by atoms with Crippen LogP contribution in [0.1, 0.15) is 10.6 Å². The summed E-state index contributed by atoms with van der Waals surface area (Å²) in [7, 11) is 1.65. The van der Waals surface area contributed by atoms with Crippen molar-refractivity contribution in [2.75, 3.05) is 38.2 Å². The summed E-state index contributed by atoms with van der Waals surface area (Å²) in [4.78, 5) is 26.4. The van der Waals surface area contributed by atoms with Crippen LogP contribution in [0.25, 0.3) is 21.3 Å². The zero-order valence-corrected chi connectivity index (χ0v) is 18.3. The van der Waals surface area contributed by atoms with E-state index in [1.807, 2.05) is 24.3 Å². The van der Waals surface area contributed by atoms with Crippen molar-refractivity contribution in [2.24, 2.45) is 0 Å². The summed E-state index contributed by atoms with van der Waals surface area (Å²) in [5, 5.41) is 3.28. The average molecular weight is 455 g/mol. The van der Waals surface area contributed by atoms with Gasteiger partial charge in [-0.3, -0.25) is 4.79 Å². The van der Waals surface area contributed by atoms with Crippen molar-refractivity contribution in [1.82, 2.24) is 14.9 Å². The number of amides is 1. The van der Waals surface area contributed by atoms with Gasteiger partial charge in [-0.2, -0.15) is 4.98 Å². The molecule has 3 aromatic heterocycles. The third-order valence-corrected chi connectivity index (χ3v) is 6.43. The first-order valence-corrected chi connectivity index (χ1v) is 11.1. The van der Waals surface area contributed by atoms with E-state index >= 15 is 0 Å². The minimum atomic E-state index is -0.0926. The predicted molar refractivity (Wildman–Crippen MR) is 121 cm³/mol. The number of hydrogen-bond donors (Lipinski definition) is 0. The lowest BCUT2D eigenvalue weighted by atomic mass is 10.1. The highest BCUT2D eigenvalue weighted by molar-refractivity contribution is 7.17. The zero-order chi connectivity index (χ0) is 21.4. The lowest BCUT2D eigenvalue weighted by Gasteiger charge is -2.35. The molecular weight excluding hydrogens is 436 g/mol. The molecule has 1 saturated heterocycles. The highest BCUT2D eigenvalue weighted by atomic mass is 35.5. The molecule has 1 aliphatic heterocycles. The number of benzene rings is 1. The fourth-order valence-corrected chi connectivity index (χ4v) is 4.94. The van der Waals surface area contributed by atoms with E-state index < -0.39 is 0 Å². The number of aromatic nitrogens is 2. The molecule has 9 heteroatoms. The number of methoxy groups -OCH3 is 1. The molecule has 0 unspecified atom stereocenters. The lowest BCUT2D eigenvalue weighted by molar-refractivity contribution is 0.0714. The summed E-state index contributed by atoms with van der Waals surface area (Å²) in [6.07, 6.45) is 1.51. The van der Waals surface area contributed by atoms with Gasteiger partial charge in [-0.15, -0.1) is 11.3 Å². The van der Waals surface area contributed by atoms with Crippen molar-refractivity contribution < 1.29 is 13.9 Å². The topological polar surface area (TPSA) is 71.7 Å². The van der Waals surface area contributed by atoms with Crippen LogP contribution in [0.3, 0.4) is 0 Å². The molecule has 1 aliphatic rings. The van der Waals surface area contributed by atoms with E-state index in [2.05, 4.69) is 20.2 Å². The second-order valence-corrected chi connectivity index (χ2v) is 8.33. The Bertz CT molecular complexity index is 1220. The standard InChI is InChI=1S/C22H19ClN4O3S/c1-29-15-6-4-14(5-7-15)16-13-31-20-18(16)19(24-22(23)25-20)26-8-10-27(11-9-26)21(28)17-3-2-12-30-17/h2-7,12-13H,8-11H2,1H3. The Morgan fingerprint density at radius 1 is 1.13 bits per heavy atom. The van der Waals surface area contributed by atoms with Gasteiger partial charge < -0.3 is 19.0 Å². The van der Waals surface area contributed by atoms with Gasteiger partial charge in [0.25, 0.3) is 5.91 Å². The van der Waals surface area contributed by atoms with Crippen LogP contribution in [-0.4, -0.2) is 54.1 Å². The Morgan fingerprint density at radius 3 is 2.58 bits per heavy atom. The molecule has 7 nitrogen and oxygen atoms in total. The molecule has 0 radical (unpaired) electrons. The molecule has 0 N–H and O–H groups in total. The molecule has 1 fully saturated rings. The number of furan rings is 1. The maximum absolute atomic E-state index is 12.6. The maximum atomic E-state index is 12.6. The van der Waals surface area contributed by atoms with Crippen LogP contribution in [0.15, 0.2) is 52.5 Å². The van der Waals surface area contributed by atoms with Crippen LogP contribution >= 0.6 is 22.9 Å². The third kappa shape index (κ3) is 3.73. The molecular formula is C22H19ClN4O3S. The third-order valence-electron chi connectivity index (χ3n) is 5.39. The van der Waals surface area contributed by atoms with Gasteiger partial charge in [0.05, 0.1) is 18.8 Å². The molecule has 5 rings (SSSR count). The molecule has 0 saturated carbocycles. The number of ether oxygens (including phenoxy) is 1. The Labute approximate surface area is 187 Å². The summed E-state index contributed by atoms with van der Waals surface area (Å²) in [5.74, 6) is 1.87. The van der Waals surface area contributed by atoms with Crippen molar-refractivity contribution in [3.63, 3.8) is 0 Å². The molecule has 31 heavy (non-hydrogen) atoms. The van der Waals surface area contributed by atoms with Crippen molar-refractivity contribution in [2.45, 2.75) is 0 Å². The van der Waals surface area contributed by atoms with E-state index in [0.29, 0.717) is 31.9 Å². The number of halogens is 1. The first kappa shape index (κ1) is 19.8. The number of piperazine rings is 1. The number of thiophene rings is 1. The molecule has 0 aliphatic carbocycles. The van der Waals surface area contributed by atoms with Gasteiger partial charge in [0.2, 0.25) is 5.28 Å². The van der Waals surface area contributed by atoms with Crippen LogP contribution in [0.2, 0.25) is 5.28 Å². The summed E-state index contributed by atoms with van der Waals surface area (Å²) < 4.78 is 10.5. The van der Waals surface area contributed by atoms with E-state index in [0.717, 1.165) is 32.9 Å². The quantitative estimate of drug-likeness (QED) is 0.420. The van der Waals surface area contributed by atoms with Crippen LogP contribution in [0, 0.1) is 0 Å². The Hall–Kier alpha value is -3.10. The minimum Gasteiger partial charge on any atom is -0.497 e. The number of hydrogen-bond acceptors (Lipinski definition) is 7. The minimum absolute atomic E-state index is 0.0926. The highest BCUT2D eigenvalue weighted by Crippen LogP contribution is 2.39. The predicted octanol–water partition coefficient (Wildman–Crippen LogP) is 4.58. The molecule has 0 atom stereocenters. The number of rotatable bonds is 4. The van der Waals surface area contributed by atoms with Crippen molar-refractivity contribution in [3.8, 4) is 16.9 Å². The van der Waals surface area contributed by atoms with Crippen LogP contribution in [-0.2, 0) is 0 Å². The summed E-state index contributed by atoms with van der Waals surface area (Å²) in [6, 6.07) is 11.3. The van der Waals surface area contributed by atoms with E-state index in [1.165, 1.54) is 6.26 Å². The van der Waals surface area contributed by atoms with Crippen molar-refractivity contribution in [1.29, 1.82) is 0 Å². The monoisotopic (exact) mass is 454 g/mol. The number of nitrogens with zero attached hydrogens (tertiary/aromatic N) is 4. The fraction of sp³-hybridized carbons (Fsp3) is 0.227. The largest absolute Gasteiger partial charge is 0.497 e. The molecule has 4 heterocycles. The van der Waals surface area contributed by atoms with E-state index in [-0.39, 0.29) is 11.2 Å². The zero-order valence-electron chi connectivity index (χ0n) is 16.7. The first-order chi connectivity index (χ1) is 15.1. The highest BCUT2D eigenvalue weighted by Gasteiger charge is 2.27. The first-order valence-electron chi connectivity index (χ1n) is 9.81. The Kier molecular flexibility index (Phi) is 5.25. The molecule has 158 valence electrons. The number of anilines is 1. The molecule has 4 aromatic rings. The smallest absolute Gasteiger partial charge is 0.289 e. The SMILES string of the molecule is COc1ccc(-c2csc3nc(Cl)nc(N4CCN(C(=O)c5ccco5)CC4)c23)cc1. The molecule has 1 aromatic carbocycles. The van der Waals surface area contributed by atoms with Gasteiger partial charge in [0.15, 0.2) is 5.76 Å². The van der Waals surface area contributed by atoms with Crippen LogP contribution < -0.4 is 9.64 Å². The summed E-state index contributed by atoms with van der Waals surface area (Å²) >= 11 is 7.79. The molecule has 1 amide bonds. The lowest BCUT2D eigenvalue weighted by Crippen LogP contribution is -2.49. The summed E-state index contributed by atoms with van der Waals surface area (Å²) in [6.45, 7) is 2.44. The molecule has 0 bridgehead atoms. The van der Waals surface area contributed by atoms with Gasteiger partial charge >= 0.3 is 0 Å². The number of carbonyl (C=O) groups is 1.